The predicted molar refractivity (Wildman–Crippen MR) is 99.7 cm³/mol. The molecule has 0 aliphatic rings. The number of nitrogens with zero attached hydrogens (tertiary/aromatic N) is 2. The fourth-order valence-corrected chi connectivity index (χ4v) is 3.87. The molecule has 3 aromatic rings. The van der Waals surface area contributed by atoms with Crippen LogP contribution in [0, 0.1) is 0 Å². The molecule has 0 fully saturated rings. The summed E-state index contributed by atoms with van der Waals surface area (Å²) in [7, 11) is 1.49. The molecule has 0 saturated carbocycles. The smallest absolute Gasteiger partial charge is 0.326 e. The molecule has 0 saturated heterocycles. The van der Waals surface area contributed by atoms with Crippen LogP contribution in [0.15, 0.2) is 53.5 Å². The first kappa shape index (κ1) is 17.9. The van der Waals surface area contributed by atoms with Gasteiger partial charge < -0.3 is 14.4 Å². The molecule has 1 aromatic heterocycles. The van der Waals surface area contributed by atoms with Gasteiger partial charge >= 0.3 is 5.97 Å². The molecule has 1 heterocycles. The van der Waals surface area contributed by atoms with Gasteiger partial charge in [0, 0.05) is 0 Å². The minimum absolute atomic E-state index is 0.336. The minimum Gasteiger partial charge on any atom is -0.496 e. The lowest BCUT2D eigenvalue weighted by Crippen LogP contribution is -2.27. The Morgan fingerprint density at radius 2 is 1.88 bits per heavy atom. The molecule has 26 heavy (non-hydrogen) atoms. The number of carboxylic acid groups (broad SMARTS) is 1. The van der Waals surface area contributed by atoms with E-state index >= 15 is 0 Å². The van der Waals surface area contributed by atoms with Gasteiger partial charge in [0.25, 0.3) is 5.91 Å². The first-order valence-corrected chi connectivity index (χ1v) is 8.93. The highest BCUT2D eigenvalue weighted by Crippen LogP contribution is 2.23. The maximum Gasteiger partial charge on any atom is 0.326 e. The lowest BCUT2D eigenvalue weighted by molar-refractivity contribution is -0.140. The second-order valence-electron chi connectivity index (χ2n) is 5.60. The van der Waals surface area contributed by atoms with Crippen LogP contribution in [-0.2, 0) is 4.79 Å². The Bertz CT molecular complexity index is 1040. The van der Waals surface area contributed by atoms with Gasteiger partial charge in [0.05, 0.1) is 22.9 Å². The van der Waals surface area contributed by atoms with Gasteiger partial charge in [-0.1, -0.05) is 42.5 Å². The van der Waals surface area contributed by atoms with Crippen molar-refractivity contribution in [1.29, 1.82) is 0 Å². The average Bonchev–Trinajstić information content (AvgIpc) is 3.00. The van der Waals surface area contributed by atoms with Crippen molar-refractivity contribution in [1.82, 2.24) is 4.57 Å². The summed E-state index contributed by atoms with van der Waals surface area (Å²) in [4.78, 5) is 29.0. The SMILES string of the molecule is CCC(C(=O)O)n1c(=NC(=O)c2ccccc2OC)sc2ccccc21. The molecule has 0 aliphatic carbocycles. The highest BCUT2D eigenvalue weighted by molar-refractivity contribution is 7.16. The standard InChI is InChI=1S/C19H18N2O4S/c1-3-13(18(23)24)21-14-9-5-7-11-16(14)26-19(21)20-17(22)12-8-4-6-10-15(12)25-2/h4-11,13H,3H2,1-2H3,(H,23,24). The van der Waals surface area contributed by atoms with Crippen LogP contribution in [0.4, 0.5) is 0 Å². The number of carbonyl (C=O) groups is 2. The van der Waals surface area contributed by atoms with Crippen molar-refractivity contribution in [2.45, 2.75) is 19.4 Å². The number of amides is 1. The number of fused-ring (bicyclic) bond motifs is 1. The van der Waals surface area contributed by atoms with Crippen molar-refractivity contribution in [2.24, 2.45) is 4.99 Å². The molecule has 1 amide bonds. The summed E-state index contributed by atoms with van der Waals surface area (Å²) in [5.41, 5.74) is 1.08. The van der Waals surface area contributed by atoms with Crippen LogP contribution in [0.3, 0.4) is 0 Å². The van der Waals surface area contributed by atoms with Crippen molar-refractivity contribution in [2.75, 3.05) is 7.11 Å². The molecule has 0 bridgehead atoms. The molecule has 7 heteroatoms. The third kappa shape index (κ3) is 3.25. The summed E-state index contributed by atoms with van der Waals surface area (Å²) in [5, 5.41) is 9.60. The van der Waals surface area contributed by atoms with Crippen molar-refractivity contribution >= 4 is 33.4 Å². The van der Waals surface area contributed by atoms with Crippen LogP contribution >= 0.6 is 11.3 Å². The third-order valence-electron chi connectivity index (χ3n) is 4.05. The summed E-state index contributed by atoms with van der Waals surface area (Å²) in [6.45, 7) is 1.80. The maximum absolute atomic E-state index is 12.7. The minimum atomic E-state index is -0.956. The van der Waals surface area contributed by atoms with Crippen LogP contribution < -0.4 is 9.54 Å². The van der Waals surface area contributed by atoms with E-state index in [9.17, 15) is 14.7 Å². The lowest BCUT2D eigenvalue weighted by Gasteiger charge is -2.13. The molecular weight excluding hydrogens is 352 g/mol. The summed E-state index contributed by atoms with van der Waals surface area (Å²) >= 11 is 1.29. The Morgan fingerprint density at radius 3 is 2.58 bits per heavy atom. The number of aromatic nitrogens is 1. The topological polar surface area (TPSA) is 80.9 Å². The van der Waals surface area contributed by atoms with Crippen LogP contribution in [0.1, 0.15) is 29.7 Å². The summed E-state index contributed by atoms with van der Waals surface area (Å²) in [6.07, 6.45) is 0.381. The number of benzene rings is 2. The molecule has 3 rings (SSSR count). The van der Waals surface area contributed by atoms with Gasteiger partial charge in [-0.2, -0.15) is 4.99 Å². The molecular formula is C19H18N2O4S. The number of para-hydroxylation sites is 2. The zero-order valence-corrected chi connectivity index (χ0v) is 15.2. The Hall–Kier alpha value is -2.93. The number of ether oxygens (including phenoxy) is 1. The maximum atomic E-state index is 12.7. The summed E-state index contributed by atoms with van der Waals surface area (Å²) in [5.74, 6) is -0.996. The average molecular weight is 370 g/mol. The van der Waals surface area contributed by atoms with Crippen LogP contribution in [0.5, 0.6) is 5.75 Å². The third-order valence-corrected chi connectivity index (χ3v) is 5.09. The van der Waals surface area contributed by atoms with Gasteiger partial charge in [-0.25, -0.2) is 4.79 Å². The van der Waals surface area contributed by atoms with Gasteiger partial charge in [0.1, 0.15) is 11.8 Å². The van der Waals surface area contributed by atoms with E-state index in [0.717, 1.165) is 10.2 Å². The fraction of sp³-hybridized carbons (Fsp3) is 0.211. The zero-order chi connectivity index (χ0) is 18.7. The van der Waals surface area contributed by atoms with E-state index in [-0.39, 0.29) is 0 Å². The summed E-state index contributed by atoms with van der Waals surface area (Å²) < 4.78 is 7.72. The lowest BCUT2D eigenvalue weighted by atomic mass is 10.2. The van der Waals surface area contributed by atoms with Crippen molar-refractivity contribution < 1.29 is 19.4 Å². The second-order valence-corrected chi connectivity index (χ2v) is 6.61. The van der Waals surface area contributed by atoms with Gasteiger partial charge in [0.15, 0.2) is 4.80 Å². The quantitative estimate of drug-likeness (QED) is 0.745. The Kier molecular flexibility index (Phi) is 5.18. The number of aliphatic carboxylic acids is 1. The van der Waals surface area contributed by atoms with E-state index in [1.807, 2.05) is 24.3 Å². The molecule has 6 nitrogen and oxygen atoms in total. The normalized spacial score (nSPS) is 12.9. The molecule has 0 spiro atoms. The number of carboxylic acids is 1. The highest BCUT2D eigenvalue weighted by atomic mass is 32.1. The van der Waals surface area contributed by atoms with E-state index < -0.39 is 17.9 Å². The Labute approximate surface area is 154 Å². The van der Waals surface area contributed by atoms with Crippen LogP contribution in [0.25, 0.3) is 10.2 Å². The summed E-state index contributed by atoms with van der Waals surface area (Å²) in [6, 6.07) is 13.5. The van der Waals surface area contributed by atoms with Gasteiger partial charge in [-0.05, 0) is 30.7 Å². The fourth-order valence-electron chi connectivity index (χ4n) is 2.81. The van der Waals surface area contributed by atoms with Gasteiger partial charge in [0.2, 0.25) is 0 Å². The van der Waals surface area contributed by atoms with Crippen molar-refractivity contribution in [3.63, 3.8) is 0 Å². The number of rotatable bonds is 5. The van der Waals surface area contributed by atoms with Crippen molar-refractivity contribution in [3.8, 4) is 5.75 Å². The molecule has 0 aliphatic heterocycles. The predicted octanol–water partition coefficient (Wildman–Crippen LogP) is 3.49. The largest absolute Gasteiger partial charge is 0.496 e. The van der Waals surface area contributed by atoms with E-state index in [4.69, 9.17) is 4.74 Å². The van der Waals surface area contributed by atoms with Gasteiger partial charge in [-0.3, -0.25) is 4.79 Å². The van der Waals surface area contributed by atoms with E-state index in [2.05, 4.69) is 4.99 Å². The number of hydrogen-bond acceptors (Lipinski definition) is 4. The number of carbonyl (C=O) groups excluding carboxylic acids is 1. The Balaban J connectivity index is 2.22. The number of hydrogen-bond donors (Lipinski definition) is 1. The van der Waals surface area contributed by atoms with Crippen LogP contribution in [0.2, 0.25) is 0 Å². The second kappa shape index (κ2) is 7.53. The molecule has 1 unspecified atom stereocenters. The molecule has 1 N–H and O–H groups in total. The zero-order valence-electron chi connectivity index (χ0n) is 14.4. The first-order chi connectivity index (χ1) is 12.6. The molecule has 134 valence electrons. The highest BCUT2D eigenvalue weighted by Gasteiger charge is 2.22. The van der Waals surface area contributed by atoms with Crippen LogP contribution in [-0.4, -0.2) is 28.7 Å². The number of methoxy groups -OCH3 is 1. The Morgan fingerprint density at radius 1 is 1.19 bits per heavy atom. The monoisotopic (exact) mass is 370 g/mol. The molecule has 1 atom stereocenters. The van der Waals surface area contributed by atoms with E-state index in [0.29, 0.717) is 22.5 Å². The number of thiazole rings is 1. The molecule has 2 aromatic carbocycles. The van der Waals surface area contributed by atoms with E-state index in [1.165, 1.54) is 18.4 Å². The van der Waals surface area contributed by atoms with Gasteiger partial charge in [-0.15, -0.1) is 0 Å². The van der Waals surface area contributed by atoms with E-state index in [1.54, 1.807) is 35.8 Å². The van der Waals surface area contributed by atoms with Crippen molar-refractivity contribution in [3.05, 3.63) is 58.9 Å². The molecule has 0 radical (unpaired) electrons. The first-order valence-electron chi connectivity index (χ1n) is 8.11.